The summed E-state index contributed by atoms with van der Waals surface area (Å²) >= 11 is 0. The number of hydrogen-bond donors (Lipinski definition) is 0. The van der Waals surface area contributed by atoms with Gasteiger partial charge < -0.3 is 0 Å². The van der Waals surface area contributed by atoms with E-state index in [2.05, 4.69) is 6.58 Å². The Morgan fingerprint density at radius 1 is 0.765 bits per heavy atom. The Hall–Kier alpha value is -2.94. The van der Waals surface area contributed by atoms with Gasteiger partial charge in [0.15, 0.2) is 0 Å². The number of hydrogen-bond acceptors (Lipinski definition) is 4. The molecule has 0 aromatic heterocycles. The zero-order valence-corrected chi connectivity index (χ0v) is 20.9. The van der Waals surface area contributed by atoms with Gasteiger partial charge in [-0.3, -0.25) is 4.31 Å². The molecule has 1 heterocycles. The van der Waals surface area contributed by atoms with Crippen molar-refractivity contribution < 1.29 is 16.8 Å². The summed E-state index contributed by atoms with van der Waals surface area (Å²) in [6, 6.07) is 22.2. The van der Waals surface area contributed by atoms with E-state index in [0.29, 0.717) is 6.42 Å². The zero-order chi connectivity index (χ0) is 24.5. The first-order valence-electron chi connectivity index (χ1n) is 11.0. The van der Waals surface area contributed by atoms with E-state index in [4.69, 9.17) is 0 Å². The Morgan fingerprint density at radius 2 is 1.26 bits per heavy atom. The summed E-state index contributed by atoms with van der Waals surface area (Å²) in [7, 11) is -7.75. The average molecular weight is 497 g/mol. The third kappa shape index (κ3) is 4.80. The number of rotatable bonds is 6. The van der Waals surface area contributed by atoms with E-state index in [1.54, 1.807) is 48.5 Å². The number of piperazine rings is 1. The van der Waals surface area contributed by atoms with Gasteiger partial charge >= 0.3 is 0 Å². The molecule has 8 heteroatoms. The molecule has 3 aromatic carbocycles. The smallest absolute Gasteiger partial charge is 0.264 e. The first-order chi connectivity index (χ1) is 16.1. The normalized spacial score (nSPS) is 17.6. The van der Waals surface area contributed by atoms with Crippen molar-refractivity contribution in [2.45, 2.75) is 36.1 Å². The minimum absolute atomic E-state index is 0.0188. The Morgan fingerprint density at radius 3 is 1.79 bits per heavy atom. The monoisotopic (exact) mass is 496 g/mol. The first-order valence-corrected chi connectivity index (χ1v) is 13.9. The van der Waals surface area contributed by atoms with E-state index in [1.807, 2.05) is 44.2 Å². The molecule has 1 fully saturated rings. The lowest BCUT2D eigenvalue weighted by Crippen LogP contribution is -2.55. The van der Waals surface area contributed by atoms with Gasteiger partial charge in [0, 0.05) is 11.7 Å². The standard InChI is InChI=1S/C26H28N2O4S2/c1-20-9-13-25(14-10-20)33(29,30)27-19-24(17-23-7-5-4-6-8-23)28(18-22(27)3)34(31,32)26-15-11-21(2)12-16-26/h4-16,24H,3,17-19H2,1-2H3. The quantitative estimate of drug-likeness (QED) is 0.514. The summed E-state index contributed by atoms with van der Waals surface area (Å²) in [5.74, 6) is 0. The summed E-state index contributed by atoms with van der Waals surface area (Å²) in [5.41, 5.74) is 3.06. The maximum absolute atomic E-state index is 13.6. The van der Waals surface area contributed by atoms with E-state index in [9.17, 15) is 16.8 Å². The van der Waals surface area contributed by atoms with Crippen LogP contribution in [-0.4, -0.2) is 44.6 Å². The van der Waals surface area contributed by atoms with Gasteiger partial charge in [-0.1, -0.05) is 72.3 Å². The highest BCUT2D eigenvalue weighted by Crippen LogP contribution is 2.31. The van der Waals surface area contributed by atoms with Crippen LogP contribution in [0.2, 0.25) is 0 Å². The van der Waals surface area contributed by atoms with Crippen LogP contribution in [0.15, 0.2) is 101 Å². The lowest BCUT2D eigenvalue weighted by atomic mass is 10.0. The van der Waals surface area contributed by atoms with Crippen molar-refractivity contribution in [1.29, 1.82) is 0 Å². The fourth-order valence-electron chi connectivity index (χ4n) is 4.08. The second-order valence-electron chi connectivity index (χ2n) is 8.62. The number of nitrogens with zero attached hydrogens (tertiary/aromatic N) is 2. The van der Waals surface area contributed by atoms with Gasteiger partial charge in [-0.05, 0) is 50.1 Å². The fourth-order valence-corrected chi connectivity index (χ4v) is 7.19. The topological polar surface area (TPSA) is 74.8 Å². The average Bonchev–Trinajstić information content (AvgIpc) is 2.81. The molecule has 34 heavy (non-hydrogen) atoms. The van der Waals surface area contributed by atoms with Gasteiger partial charge in [-0.2, -0.15) is 4.31 Å². The molecule has 1 unspecified atom stereocenters. The number of benzene rings is 3. The molecule has 0 radical (unpaired) electrons. The van der Waals surface area contributed by atoms with E-state index in [0.717, 1.165) is 16.7 Å². The lowest BCUT2D eigenvalue weighted by Gasteiger charge is -2.42. The van der Waals surface area contributed by atoms with Gasteiger partial charge in [0.2, 0.25) is 10.0 Å². The molecular weight excluding hydrogens is 468 g/mol. The van der Waals surface area contributed by atoms with E-state index >= 15 is 0 Å². The van der Waals surface area contributed by atoms with Crippen LogP contribution >= 0.6 is 0 Å². The summed E-state index contributed by atoms with van der Waals surface area (Å²) in [5, 5.41) is 0. The number of sulfonamides is 2. The molecule has 178 valence electrons. The highest BCUT2D eigenvalue weighted by atomic mass is 32.2. The van der Waals surface area contributed by atoms with Crippen LogP contribution in [0.3, 0.4) is 0 Å². The molecule has 1 aliphatic rings. The molecule has 1 aliphatic heterocycles. The molecule has 6 nitrogen and oxygen atoms in total. The summed E-state index contributed by atoms with van der Waals surface area (Å²) < 4.78 is 56.8. The Bertz CT molecular complexity index is 1380. The van der Waals surface area contributed by atoms with Crippen molar-refractivity contribution in [3.63, 3.8) is 0 Å². The van der Waals surface area contributed by atoms with Crippen molar-refractivity contribution in [2.75, 3.05) is 13.1 Å². The highest BCUT2D eigenvalue weighted by molar-refractivity contribution is 7.89. The first kappa shape index (κ1) is 24.2. The predicted molar refractivity (Wildman–Crippen MR) is 133 cm³/mol. The Labute approximate surface area is 202 Å². The van der Waals surface area contributed by atoms with Crippen LogP contribution in [0.25, 0.3) is 0 Å². The molecule has 1 saturated heterocycles. The van der Waals surface area contributed by atoms with Crippen LogP contribution < -0.4 is 0 Å². The second kappa shape index (κ2) is 9.37. The maximum atomic E-state index is 13.6. The molecule has 0 aliphatic carbocycles. The Kier molecular flexibility index (Phi) is 6.66. The minimum Gasteiger partial charge on any atom is -0.268 e. The molecule has 0 spiro atoms. The van der Waals surface area contributed by atoms with Gasteiger partial charge in [-0.25, -0.2) is 16.8 Å². The van der Waals surface area contributed by atoms with Gasteiger partial charge in [0.25, 0.3) is 10.0 Å². The molecule has 0 saturated carbocycles. The summed E-state index contributed by atoms with van der Waals surface area (Å²) in [6.07, 6.45) is 0.374. The number of aryl methyl sites for hydroxylation is 2. The van der Waals surface area contributed by atoms with E-state index < -0.39 is 26.1 Å². The lowest BCUT2D eigenvalue weighted by molar-refractivity contribution is 0.237. The molecule has 4 rings (SSSR count). The molecule has 0 N–H and O–H groups in total. The predicted octanol–water partition coefficient (Wildman–Crippen LogP) is 4.12. The maximum Gasteiger partial charge on any atom is 0.264 e. The Balaban J connectivity index is 1.73. The van der Waals surface area contributed by atoms with Crippen molar-refractivity contribution >= 4 is 20.0 Å². The van der Waals surface area contributed by atoms with E-state index in [1.165, 1.54) is 8.61 Å². The van der Waals surface area contributed by atoms with Crippen molar-refractivity contribution in [1.82, 2.24) is 8.61 Å². The summed E-state index contributed by atoms with van der Waals surface area (Å²) in [6.45, 7) is 7.61. The fraction of sp³-hybridized carbons (Fsp3) is 0.231. The van der Waals surface area contributed by atoms with Gasteiger partial charge in [0.05, 0.1) is 22.9 Å². The van der Waals surface area contributed by atoms with Crippen molar-refractivity contribution in [2.24, 2.45) is 0 Å². The molecule has 3 aromatic rings. The SMILES string of the molecule is C=C1CN(S(=O)(=O)c2ccc(C)cc2)C(Cc2ccccc2)CN1S(=O)(=O)c1ccc(C)cc1. The third-order valence-electron chi connectivity index (χ3n) is 6.03. The van der Waals surface area contributed by atoms with Crippen molar-refractivity contribution in [3.8, 4) is 0 Å². The summed E-state index contributed by atoms with van der Waals surface area (Å²) in [4.78, 5) is 0.339. The minimum atomic E-state index is -3.88. The van der Waals surface area contributed by atoms with Crippen LogP contribution in [-0.2, 0) is 26.5 Å². The molecule has 0 amide bonds. The van der Waals surface area contributed by atoms with Gasteiger partial charge in [0.1, 0.15) is 0 Å². The molecule has 0 bridgehead atoms. The zero-order valence-electron chi connectivity index (χ0n) is 19.3. The second-order valence-corrected chi connectivity index (χ2v) is 12.4. The van der Waals surface area contributed by atoms with Gasteiger partial charge in [-0.15, -0.1) is 0 Å². The highest BCUT2D eigenvalue weighted by Gasteiger charge is 2.41. The van der Waals surface area contributed by atoms with E-state index in [-0.39, 0.29) is 28.6 Å². The van der Waals surface area contributed by atoms with Crippen LogP contribution in [0, 0.1) is 13.8 Å². The largest absolute Gasteiger partial charge is 0.268 e. The van der Waals surface area contributed by atoms with Crippen LogP contribution in [0.1, 0.15) is 16.7 Å². The third-order valence-corrected chi connectivity index (χ3v) is 9.79. The van der Waals surface area contributed by atoms with Crippen LogP contribution in [0.5, 0.6) is 0 Å². The molecule has 1 atom stereocenters. The molecular formula is C26H28N2O4S2. The van der Waals surface area contributed by atoms with Crippen LogP contribution in [0.4, 0.5) is 0 Å². The van der Waals surface area contributed by atoms with Crippen molar-refractivity contribution in [3.05, 3.63) is 108 Å².